The molecule has 0 heterocycles. The highest BCUT2D eigenvalue weighted by molar-refractivity contribution is 5.74. The maximum Gasteiger partial charge on any atom is 0.100 e. The Balaban J connectivity index is 2.12. The van der Waals surface area contributed by atoms with Crippen LogP contribution in [0.1, 0.15) is 60.8 Å². The highest BCUT2D eigenvalue weighted by Crippen LogP contribution is 2.46. The van der Waals surface area contributed by atoms with E-state index in [1.807, 2.05) is 6.08 Å². The number of allylic oxidation sites excluding steroid dienone is 4. The van der Waals surface area contributed by atoms with E-state index < -0.39 is 0 Å². The van der Waals surface area contributed by atoms with E-state index in [0.29, 0.717) is 6.42 Å². The van der Waals surface area contributed by atoms with Gasteiger partial charge in [0, 0.05) is 6.42 Å². The first kappa shape index (κ1) is 12.7. The van der Waals surface area contributed by atoms with Crippen molar-refractivity contribution in [3.05, 3.63) is 52.4 Å². The zero-order valence-corrected chi connectivity index (χ0v) is 11.8. The molecule has 1 aromatic rings. The predicted octanol–water partition coefficient (Wildman–Crippen LogP) is 5.47. The van der Waals surface area contributed by atoms with E-state index in [1.54, 1.807) is 6.08 Å². The van der Waals surface area contributed by atoms with Gasteiger partial charge in [-0.25, -0.2) is 4.39 Å². The summed E-state index contributed by atoms with van der Waals surface area (Å²) in [5.74, 6) is 0.763. The second-order valence-corrected chi connectivity index (χ2v) is 5.82. The van der Waals surface area contributed by atoms with Crippen LogP contribution in [0.3, 0.4) is 0 Å². The highest BCUT2D eigenvalue weighted by atomic mass is 19.1. The Hall–Kier alpha value is -1.37. The highest BCUT2D eigenvalue weighted by Gasteiger charge is 2.28. The first-order valence-corrected chi connectivity index (χ1v) is 7.38. The minimum Gasteiger partial charge on any atom is -0.212 e. The molecular weight excluding hydrogens is 235 g/mol. The molecule has 0 radical (unpaired) electrons. The van der Waals surface area contributed by atoms with Gasteiger partial charge in [-0.05, 0) is 66.9 Å². The van der Waals surface area contributed by atoms with Gasteiger partial charge in [0.25, 0.3) is 0 Å². The van der Waals surface area contributed by atoms with Crippen molar-refractivity contribution in [2.75, 3.05) is 0 Å². The molecule has 1 heteroatoms. The molecule has 0 atom stereocenters. The van der Waals surface area contributed by atoms with Crippen LogP contribution in [0.4, 0.5) is 4.39 Å². The number of benzene rings is 1. The molecule has 0 aliphatic heterocycles. The van der Waals surface area contributed by atoms with Crippen molar-refractivity contribution in [2.24, 2.45) is 0 Å². The number of aryl methyl sites for hydroxylation is 2. The summed E-state index contributed by atoms with van der Waals surface area (Å²) >= 11 is 0. The molecule has 0 bridgehead atoms. The molecule has 0 N–H and O–H groups in total. The first-order valence-electron chi connectivity index (χ1n) is 7.38. The van der Waals surface area contributed by atoms with Gasteiger partial charge in [0.05, 0.1) is 0 Å². The summed E-state index contributed by atoms with van der Waals surface area (Å²) in [5, 5.41) is 0. The molecule has 1 aromatic carbocycles. The Morgan fingerprint density at radius 2 is 1.95 bits per heavy atom. The Morgan fingerprint density at radius 1 is 1.16 bits per heavy atom. The van der Waals surface area contributed by atoms with E-state index in [4.69, 9.17) is 0 Å². The maximum atomic E-state index is 13.2. The van der Waals surface area contributed by atoms with E-state index in [9.17, 15) is 4.39 Å². The van der Waals surface area contributed by atoms with Gasteiger partial charge in [-0.15, -0.1) is 0 Å². The van der Waals surface area contributed by atoms with Crippen molar-refractivity contribution in [1.82, 2.24) is 0 Å². The predicted molar refractivity (Wildman–Crippen MR) is 78.9 cm³/mol. The van der Waals surface area contributed by atoms with E-state index >= 15 is 0 Å². The van der Waals surface area contributed by atoms with Crippen molar-refractivity contribution >= 4 is 5.57 Å². The van der Waals surface area contributed by atoms with Gasteiger partial charge in [0.2, 0.25) is 0 Å². The first-order chi connectivity index (χ1) is 9.19. The number of halogens is 1. The number of hydrogen-bond acceptors (Lipinski definition) is 0. The van der Waals surface area contributed by atoms with Gasteiger partial charge in [0.15, 0.2) is 0 Å². The summed E-state index contributed by atoms with van der Waals surface area (Å²) in [6.07, 6.45) is 8.74. The zero-order chi connectivity index (χ0) is 13.4. The van der Waals surface area contributed by atoms with E-state index in [1.165, 1.54) is 40.7 Å². The molecule has 0 aromatic heterocycles. The lowest BCUT2D eigenvalue weighted by Crippen LogP contribution is -2.02. The van der Waals surface area contributed by atoms with E-state index in [-0.39, 0.29) is 5.83 Å². The maximum absolute atomic E-state index is 13.2. The van der Waals surface area contributed by atoms with Gasteiger partial charge in [-0.1, -0.05) is 30.7 Å². The van der Waals surface area contributed by atoms with Gasteiger partial charge in [0.1, 0.15) is 5.83 Å². The number of rotatable bonds is 3. The lowest BCUT2D eigenvalue weighted by atomic mass is 9.85. The second kappa shape index (κ2) is 4.96. The third-order valence-corrected chi connectivity index (χ3v) is 4.21. The van der Waals surface area contributed by atoms with Crippen LogP contribution >= 0.6 is 0 Å². The van der Waals surface area contributed by atoms with Crippen molar-refractivity contribution < 1.29 is 4.39 Å². The molecule has 0 amide bonds. The van der Waals surface area contributed by atoms with Crippen molar-refractivity contribution in [2.45, 2.75) is 51.9 Å². The smallest absolute Gasteiger partial charge is 0.100 e. The van der Waals surface area contributed by atoms with Crippen LogP contribution < -0.4 is 0 Å². The molecule has 3 rings (SSSR count). The minimum atomic E-state index is 0.0156. The van der Waals surface area contributed by atoms with Crippen LogP contribution in [0.5, 0.6) is 0 Å². The van der Waals surface area contributed by atoms with Crippen LogP contribution in [0.2, 0.25) is 0 Å². The third kappa shape index (κ3) is 2.51. The summed E-state index contributed by atoms with van der Waals surface area (Å²) in [5.41, 5.74) is 7.07. The fourth-order valence-corrected chi connectivity index (χ4v) is 3.10. The molecular formula is C18H21F. The van der Waals surface area contributed by atoms with Crippen molar-refractivity contribution in [3.63, 3.8) is 0 Å². The Morgan fingerprint density at radius 3 is 2.53 bits per heavy atom. The van der Waals surface area contributed by atoms with Crippen LogP contribution in [0, 0.1) is 6.92 Å². The fraction of sp³-hybridized carbons (Fsp3) is 0.444. The molecule has 0 saturated heterocycles. The second-order valence-electron chi connectivity index (χ2n) is 5.82. The lowest BCUT2D eigenvalue weighted by molar-refractivity contribution is 0.590. The monoisotopic (exact) mass is 256 g/mol. The molecule has 19 heavy (non-hydrogen) atoms. The van der Waals surface area contributed by atoms with Gasteiger partial charge in [-0.2, -0.15) is 0 Å². The molecule has 2 aliphatic rings. The Kier molecular flexibility index (Phi) is 3.30. The van der Waals surface area contributed by atoms with Crippen LogP contribution in [0.15, 0.2) is 30.1 Å². The van der Waals surface area contributed by atoms with Gasteiger partial charge >= 0.3 is 0 Å². The fourth-order valence-electron chi connectivity index (χ4n) is 3.10. The zero-order valence-electron chi connectivity index (χ0n) is 11.8. The molecule has 0 unspecified atom stereocenters. The largest absolute Gasteiger partial charge is 0.212 e. The lowest BCUT2D eigenvalue weighted by Gasteiger charge is -2.20. The summed E-state index contributed by atoms with van der Waals surface area (Å²) in [6.45, 7) is 4.40. The molecule has 0 nitrogen and oxygen atoms in total. The van der Waals surface area contributed by atoms with Crippen molar-refractivity contribution in [1.29, 1.82) is 0 Å². The molecule has 100 valence electrons. The molecule has 0 spiro atoms. The summed E-state index contributed by atoms with van der Waals surface area (Å²) < 4.78 is 13.2. The molecule has 1 fully saturated rings. The Labute approximate surface area is 115 Å². The normalized spacial score (nSPS) is 19.1. The quantitative estimate of drug-likeness (QED) is 0.673. The van der Waals surface area contributed by atoms with Gasteiger partial charge < -0.3 is 0 Å². The average Bonchev–Trinajstić information content (AvgIpc) is 3.23. The van der Waals surface area contributed by atoms with Gasteiger partial charge in [-0.3, -0.25) is 0 Å². The van der Waals surface area contributed by atoms with E-state index in [2.05, 4.69) is 26.0 Å². The van der Waals surface area contributed by atoms with Crippen molar-refractivity contribution in [3.8, 4) is 0 Å². The summed E-state index contributed by atoms with van der Waals surface area (Å²) in [4.78, 5) is 0. The van der Waals surface area contributed by atoms with Crippen LogP contribution in [-0.4, -0.2) is 0 Å². The topological polar surface area (TPSA) is 0 Å². The average molecular weight is 256 g/mol. The third-order valence-electron chi connectivity index (χ3n) is 4.21. The molecule has 2 aliphatic carbocycles. The Bertz CT molecular complexity index is 559. The standard InChI is InChI=1S/C18H21F/c1-3-13-10-12(2)11-17(14-4-5-14)18(13)15-6-8-16(19)9-7-15/h6,8,10-11,14H,3-5,7,9H2,1-2H3. The summed E-state index contributed by atoms with van der Waals surface area (Å²) in [6, 6.07) is 4.65. The minimum absolute atomic E-state index is 0.0156. The number of hydrogen-bond donors (Lipinski definition) is 0. The molecule has 1 saturated carbocycles. The van der Waals surface area contributed by atoms with E-state index in [0.717, 1.165) is 18.8 Å². The summed E-state index contributed by atoms with van der Waals surface area (Å²) in [7, 11) is 0. The SMILES string of the molecule is CCc1cc(C)cc(C2CC2)c1C1=CC=C(F)CC1. The van der Waals surface area contributed by atoms with Crippen LogP contribution in [0.25, 0.3) is 5.57 Å². The van der Waals surface area contributed by atoms with Crippen LogP contribution in [-0.2, 0) is 6.42 Å².